The summed E-state index contributed by atoms with van der Waals surface area (Å²) in [6.45, 7) is 14.2. The van der Waals surface area contributed by atoms with Gasteiger partial charge in [0.25, 0.3) is 0 Å². The number of nitrogens with zero attached hydrogens (tertiary/aromatic N) is 10. The molecule has 4 aliphatic rings. The molecule has 2 atom stereocenters. The average molecular weight is 1370 g/mol. The number of benzene rings is 6. The Labute approximate surface area is 578 Å². The van der Waals surface area contributed by atoms with Crippen molar-refractivity contribution in [2.75, 3.05) is 76.3 Å². The maximum atomic E-state index is 14.6. The lowest BCUT2D eigenvalue weighted by Gasteiger charge is -2.14. The largest absolute Gasteiger partial charge is 0.493 e. The fourth-order valence-electron chi connectivity index (χ4n) is 13.5. The van der Waals surface area contributed by atoms with Gasteiger partial charge in [-0.05, 0) is 137 Å². The van der Waals surface area contributed by atoms with Crippen molar-refractivity contribution in [3.8, 4) is 50.6 Å². The molecule has 0 aliphatic carbocycles. The van der Waals surface area contributed by atoms with Crippen molar-refractivity contribution in [3.05, 3.63) is 225 Å². The molecule has 0 bridgehead atoms. The van der Waals surface area contributed by atoms with Crippen LogP contribution in [-0.4, -0.2) is 108 Å². The molecule has 0 amide bonds. The number of fused-ring (bicyclic) bond motifs is 6. The van der Waals surface area contributed by atoms with Gasteiger partial charge in [-0.2, -0.15) is 0 Å². The molecule has 6 aromatic carbocycles. The second-order valence-corrected chi connectivity index (χ2v) is 28.2. The van der Waals surface area contributed by atoms with E-state index < -0.39 is 7.37 Å². The van der Waals surface area contributed by atoms with Crippen LogP contribution < -0.4 is 35.5 Å². The molecule has 0 saturated carbocycles. The molecule has 23 heteroatoms. The Morgan fingerprint density at radius 2 is 0.930 bits per heavy atom. The van der Waals surface area contributed by atoms with Gasteiger partial charge in [-0.15, -0.1) is 0 Å². The Kier molecular flexibility index (Phi) is 19.4. The number of likely N-dealkylation sites (N-methyl/N-ethyl adjacent to an activating group) is 1. The van der Waals surface area contributed by atoms with E-state index in [1.165, 1.54) is 29.3 Å². The van der Waals surface area contributed by atoms with Gasteiger partial charge in [0.1, 0.15) is 51.6 Å². The third kappa shape index (κ3) is 14.1. The fourth-order valence-corrected chi connectivity index (χ4v) is 14.8. The van der Waals surface area contributed by atoms with E-state index in [1.54, 1.807) is 31.1 Å². The summed E-state index contributed by atoms with van der Waals surface area (Å²) < 4.78 is 90.1. The van der Waals surface area contributed by atoms with Gasteiger partial charge in [0, 0.05) is 151 Å². The Morgan fingerprint density at radius 3 is 1.30 bits per heavy atom. The normalized spacial score (nSPS) is 14.9. The lowest BCUT2D eigenvalue weighted by atomic mass is 10.0. The molecule has 12 aromatic rings. The molecular weight excluding hydrogens is 1290 g/mol. The minimum Gasteiger partial charge on any atom is -0.493 e. The Balaban J connectivity index is 0.000000128. The molecule has 19 nitrogen and oxygen atoms in total. The molecule has 3 N–H and O–H groups in total. The number of rotatable bonds is 19. The molecule has 2 unspecified atom stereocenters. The molecule has 1 saturated heterocycles. The zero-order valence-corrected chi connectivity index (χ0v) is 57.9. The molecule has 6 aromatic heterocycles. The molecule has 0 spiro atoms. The van der Waals surface area contributed by atoms with E-state index in [0.29, 0.717) is 85.8 Å². The zero-order valence-electron chi connectivity index (χ0n) is 57.0. The number of aryl methyl sites for hydroxylation is 3. The van der Waals surface area contributed by atoms with Crippen LogP contribution in [0.5, 0.6) is 17.2 Å². The summed E-state index contributed by atoms with van der Waals surface area (Å²) in [5, 5.41) is 10.6. The number of anilines is 3. The summed E-state index contributed by atoms with van der Waals surface area (Å²) in [5.74, 6) is 3.40. The predicted octanol–water partition coefficient (Wildman–Crippen LogP) is 14.7. The van der Waals surface area contributed by atoms with E-state index in [-0.39, 0.29) is 30.1 Å². The first-order valence-electron chi connectivity index (χ1n) is 33.9. The van der Waals surface area contributed by atoms with Crippen LogP contribution in [-0.2, 0) is 59.1 Å². The SMILES string of the molecule is CCOP(C)(=O)c1ccc(-c2cnc(NCc3c(F)ccc4c3CCO4)n3cc(C)nc23)cc1.Cc1cn2c(NCc3c(F)ccc4c3CCO4)ncc(-c3ccc(C4CCCO4)cc3)c2n1.Cc1cn2c(NCc3c(F)ccc4c3CCO4)ncc(-c3ccc(CCN(C)C)cc3)c2n1. The van der Waals surface area contributed by atoms with E-state index >= 15 is 0 Å². The molecule has 0 radical (unpaired) electrons. The van der Waals surface area contributed by atoms with E-state index in [1.807, 2.05) is 96.1 Å². The number of hydrogen-bond donors (Lipinski definition) is 3. The number of aromatic nitrogens is 9. The summed E-state index contributed by atoms with van der Waals surface area (Å²) in [7, 11) is 1.32. The first kappa shape index (κ1) is 67.1. The van der Waals surface area contributed by atoms with Gasteiger partial charge in [-0.25, -0.2) is 43.1 Å². The van der Waals surface area contributed by atoms with Crippen molar-refractivity contribution < 1.29 is 41.2 Å². The van der Waals surface area contributed by atoms with Crippen molar-refractivity contribution in [1.29, 1.82) is 0 Å². The van der Waals surface area contributed by atoms with E-state index in [4.69, 9.17) is 38.4 Å². The smallest absolute Gasteiger partial charge is 0.229 e. The Bertz CT molecular complexity index is 5040. The van der Waals surface area contributed by atoms with E-state index in [9.17, 15) is 17.7 Å². The topological polar surface area (TPSA) is 193 Å². The molecule has 514 valence electrons. The highest BCUT2D eigenvalue weighted by molar-refractivity contribution is 7.66. The van der Waals surface area contributed by atoms with Gasteiger partial charge in [-0.3, -0.25) is 17.8 Å². The first-order chi connectivity index (χ1) is 48.5. The molecular formula is C77H79F3N13O6P. The maximum absolute atomic E-state index is 14.6. The lowest BCUT2D eigenvalue weighted by Crippen LogP contribution is -2.14. The number of halogens is 3. The minimum absolute atomic E-state index is 0.197. The summed E-state index contributed by atoms with van der Waals surface area (Å²) in [5.41, 5.74) is 17.9. The number of ether oxygens (including phenoxy) is 4. The van der Waals surface area contributed by atoms with Crippen molar-refractivity contribution in [2.45, 2.75) is 92.0 Å². The summed E-state index contributed by atoms with van der Waals surface area (Å²) >= 11 is 0. The van der Waals surface area contributed by atoms with Crippen LogP contribution in [0.3, 0.4) is 0 Å². The van der Waals surface area contributed by atoms with Crippen LogP contribution in [0.1, 0.15) is 87.5 Å². The van der Waals surface area contributed by atoms with Crippen molar-refractivity contribution in [1.82, 2.24) is 48.0 Å². The zero-order chi connectivity index (χ0) is 69.2. The van der Waals surface area contributed by atoms with E-state index in [0.717, 1.165) is 147 Å². The predicted molar refractivity (Wildman–Crippen MR) is 383 cm³/mol. The minimum atomic E-state index is -2.84. The highest BCUT2D eigenvalue weighted by Crippen LogP contribution is 2.42. The van der Waals surface area contributed by atoms with Gasteiger partial charge in [0.2, 0.25) is 25.2 Å². The second kappa shape index (κ2) is 29.0. The lowest BCUT2D eigenvalue weighted by molar-refractivity contribution is 0.112. The maximum Gasteiger partial charge on any atom is 0.229 e. The Hall–Kier alpha value is -10.1. The first-order valence-corrected chi connectivity index (χ1v) is 35.9. The third-order valence-corrected chi connectivity index (χ3v) is 20.6. The van der Waals surface area contributed by atoms with Gasteiger partial charge in [0.05, 0.1) is 49.6 Å². The molecule has 1 fully saturated rings. The standard InChI is InChI=1S/C26H28FN5O.C26H25FN4O2.C25H26FN4O3P/c1-17-16-32-25(30-17)21(19-6-4-18(5-7-19)10-12-31(2)3)14-28-26(32)29-15-22-20-11-13-33-24(20)9-8-23(22)27;1-16-15-31-25(30-16)20(17-4-6-18(7-5-17)23-3-2-11-32-23)13-28-26(31)29-14-21-19-10-12-33-24(19)9-8-22(21)27;1-4-33-34(3,31)18-7-5-17(6-8-18)20-13-27-25(30-15-16(2)29-24(20)30)28-14-21-19-11-12-32-23(19)10-9-22(21)26/h4-9,14,16H,10-13,15H2,1-3H3,(H,28,29);4-9,13,15,23H,2-3,10-12,14H2,1H3,(H,28,29);5-10,13,15H,4,11-12,14H2,1-3H3,(H,27,28). The van der Waals surface area contributed by atoms with Crippen LogP contribution >= 0.6 is 7.37 Å². The molecule has 4 aliphatic heterocycles. The molecule has 16 rings (SSSR count). The highest BCUT2D eigenvalue weighted by atomic mass is 31.2. The summed E-state index contributed by atoms with van der Waals surface area (Å²) in [6, 6.07) is 34.0. The average Bonchev–Trinajstić information content (AvgIpc) is 1.66. The van der Waals surface area contributed by atoms with Gasteiger partial charge in [0.15, 0.2) is 0 Å². The number of hydrogen-bond acceptors (Lipinski definition) is 16. The summed E-state index contributed by atoms with van der Waals surface area (Å²) in [6.07, 6.45) is 16.8. The van der Waals surface area contributed by atoms with E-state index in [2.05, 4.69) is 98.4 Å². The Morgan fingerprint density at radius 1 is 0.540 bits per heavy atom. The monoisotopic (exact) mass is 1370 g/mol. The van der Waals surface area contributed by atoms with Crippen LogP contribution in [0.25, 0.3) is 50.3 Å². The molecule has 10 heterocycles. The highest BCUT2D eigenvalue weighted by Gasteiger charge is 2.26. The number of nitrogens with one attached hydrogen (secondary N) is 3. The second-order valence-electron chi connectivity index (χ2n) is 25.8. The van der Waals surface area contributed by atoms with Gasteiger partial charge >= 0.3 is 0 Å². The van der Waals surface area contributed by atoms with Crippen molar-refractivity contribution in [3.63, 3.8) is 0 Å². The van der Waals surface area contributed by atoms with Crippen LogP contribution in [0.2, 0.25) is 0 Å². The van der Waals surface area contributed by atoms with Crippen molar-refractivity contribution in [2.24, 2.45) is 0 Å². The third-order valence-electron chi connectivity index (χ3n) is 18.6. The van der Waals surface area contributed by atoms with Crippen LogP contribution in [0.4, 0.5) is 31.0 Å². The summed E-state index contributed by atoms with van der Waals surface area (Å²) in [4.78, 5) is 30.3. The fraction of sp³-hybridized carbons (Fsp3) is 0.299. The van der Waals surface area contributed by atoms with Gasteiger partial charge < -0.3 is 44.3 Å². The number of imidazole rings is 3. The van der Waals surface area contributed by atoms with Crippen molar-refractivity contribution >= 4 is 47.5 Å². The van der Waals surface area contributed by atoms with Crippen LogP contribution in [0, 0.1) is 38.2 Å². The van der Waals surface area contributed by atoms with Gasteiger partial charge in [-0.1, -0.05) is 60.7 Å². The molecule has 100 heavy (non-hydrogen) atoms. The van der Waals surface area contributed by atoms with Crippen LogP contribution in [0.15, 0.2) is 146 Å². The quantitative estimate of drug-likeness (QED) is 0.0647.